The number of carbonyl (C=O) groups excluding carboxylic acids is 1. The summed E-state index contributed by atoms with van der Waals surface area (Å²) in [5, 5.41) is 4.06. The van der Waals surface area contributed by atoms with Crippen LogP contribution in [-0.4, -0.2) is 47.3 Å². The van der Waals surface area contributed by atoms with Gasteiger partial charge in [0, 0.05) is 45.6 Å². The first kappa shape index (κ1) is 14.6. The lowest BCUT2D eigenvalue weighted by molar-refractivity contribution is 0.0776. The third-order valence-corrected chi connectivity index (χ3v) is 4.24. The number of hydrogen-bond donors (Lipinski definition) is 0. The van der Waals surface area contributed by atoms with Crippen molar-refractivity contribution in [3.8, 4) is 0 Å². The molecule has 22 heavy (non-hydrogen) atoms. The lowest BCUT2D eigenvalue weighted by Crippen LogP contribution is -2.33. The predicted octanol–water partition coefficient (Wildman–Crippen LogP) is 2.02. The smallest absolute Gasteiger partial charge is 0.256 e. The fraction of sp³-hybridized carbons (Fsp3) is 0.412. The second-order valence-corrected chi connectivity index (χ2v) is 6.02. The highest BCUT2D eigenvalue weighted by Gasteiger charge is 2.25. The highest BCUT2D eigenvalue weighted by molar-refractivity contribution is 5.93. The molecule has 0 radical (unpaired) electrons. The number of aryl methyl sites for hydroxylation is 1. The van der Waals surface area contributed by atoms with Crippen LogP contribution >= 0.6 is 0 Å². The number of aromatic nitrogens is 2. The topological polar surface area (TPSA) is 41.4 Å². The van der Waals surface area contributed by atoms with Crippen molar-refractivity contribution in [3.63, 3.8) is 0 Å². The highest BCUT2D eigenvalue weighted by atomic mass is 16.2. The van der Waals surface area contributed by atoms with E-state index in [2.05, 4.69) is 34.3 Å². The van der Waals surface area contributed by atoms with Gasteiger partial charge in [0.2, 0.25) is 0 Å². The van der Waals surface area contributed by atoms with E-state index in [4.69, 9.17) is 0 Å². The summed E-state index contributed by atoms with van der Waals surface area (Å²) in [6.07, 6.45) is 4.52. The standard InChI is InChI=1S/C17H22N4O/c1-19(17(22)15-10-18-20(2)13-15)11-14-8-9-21(12-14)16-6-4-3-5-7-16/h3-7,10,13-14H,8-9,11-12H2,1-2H3. The molecule has 1 unspecified atom stereocenters. The third-order valence-electron chi connectivity index (χ3n) is 4.24. The summed E-state index contributed by atoms with van der Waals surface area (Å²) in [5.74, 6) is 0.567. The van der Waals surface area contributed by atoms with Gasteiger partial charge in [0.1, 0.15) is 0 Å². The Morgan fingerprint density at radius 3 is 2.82 bits per heavy atom. The molecule has 1 aliphatic rings. The molecule has 1 aromatic carbocycles. The molecule has 0 N–H and O–H groups in total. The average molecular weight is 298 g/mol. The number of hydrogen-bond acceptors (Lipinski definition) is 3. The van der Waals surface area contributed by atoms with Crippen molar-refractivity contribution in [2.45, 2.75) is 6.42 Å². The molecule has 1 atom stereocenters. The molecule has 0 spiro atoms. The zero-order valence-corrected chi connectivity index (χ0v) is 13.1. The molecule has 3 rings (SSSR count). The van der Waals surface area contributed by atoms with Crippen molar-refractivity contribution in [1.82, 2.24) is 14.7 Å². The molecule has 1 saturated heterocycles. The quantitative estimate of drug-likeness (QED) is 0.867. The first-order valence-corrected chi connectivity index (χ1v) is 7.67. The number of anilines is 1. The van der Waals surface area contributed by atoms with Crippen LogP contribution in [0.3, 0.4) is 0 Å². The summed E-state index contributed by atoms with van der Waals surface area (Å²) in [4.78, 5) is 16.6. The molecule has 1 amide bonds. The Hall–Kier alpha value is -2.30. The number of nitrogens with zero attached hydrogens (tertiary/aromatic N) is 4. The maximum Gasteiger partial charge on any atom is 0.256 e. The first-order valence-electron chi connectivity index (χ1n) is 7.67. The van der Waals surface area contributed by atoms with Gasteiger partial charge in [0.05, 0.1) is 11.8 Å². The first-order chi connectivity index (χ1) is 10.6. The van der Waals surface area contributed by atoms with E-state index >= 15 is 0 Å². The van der Waals surface area contributed by atoms with Crippen LogP contribution < -0.4 is 4.90 Å². The van der Waals surface area contributed by atoms with Gasteiger partial charge in [0.25, 0.3) is 5.91 Å². The van der Waals surface area contributed by atoms with E-state index in [1.807, 2.05) is 25.1 Å². The minimum atomic E-state index is 0.0475. The zero-order chi connectivity index (χ0) is 15.5. The Labute approximate surface area is 131 Å². The van der Waals surface area contributed by atoms with E-state index < -0.39 is 0 Å². The van der Waals surface area contributed by atoms with E-state index in [0.29, 0.717) is 11.5 Å². The van der Waals surface area contributed by atoms with Gasteiger partial charge < -0.3 is 9.80 Å². The van der Waals surface area contributed by atoms with E-state index in [1.54, 1.807) is 17.1 Å². The van der Waals surface area contributed by atoms with Crippen molar-refractivity contribution in [2.24, 2.45) is 13.0 Å². The Kier molecular flexibility index (Phi) is 4.13. The third kappa shape index (κ3) is 3.13. The molecule has 5 heteroatoms. The van der Waals surface area contributed by atoms with Crippen LogP contribution in [0.15, 0.2) is 42.7 Å². The number of rotatable bonds is 4. The van der Waals surface area contributed by atoms with Crippen LogP contribution in [-0.2, 0) is 7.05 Å². The van der Waals surface area contributed by atoms with Crippen molar-refractivity contribution in [2.75, 3.05) is 31.6 Å². The van der Waals surface area contributed by atoms with Gasteiger partial charge in [-0.3, -0.25) is 9.48 Å². The van der Waals surface area contributed by atoms with Crippen LogP contribution in [0.2, 0.25) is 0 Å². The van der Waals surface area contributed by atoms with Crippen molar-refractivity contribution < 1.29 is 4.79 Å². The fourth-order valence-corrected chi connectivity index (χ4v) is 3.08. The molecular weight excluding hydrogens is 276 g/mol. The van der Waals surface area contributed by atoms with E-state index in [-0.39, 0.29) is 5.91 Å². The molecular formula is C17H22N4O. The second-order valence-electron chi connectivity index (χ2n) is 6.02. The van der Waals surface area contributed by atoms with E-state index in [0.717, 1.165) is 26.1 Å². The van der Waals surface area contributed by atoms with E-state index in [9.17, 15) is 4.79 Å². The summed E-state index contributed by atoms with van der Waals surface area (Å²) in [6.45, 7) is 2.86. The summed E-state index contributed by atoms with van der Waals surface area (Å²) in [6, 6.07) is 10.5. The predicted molar refractivity (Wildman–Crippen MR) is 86.9 cm³/mol. The SMILES string of the molecule is CN(CC1CCN(c2ccccc2)C1)C(=O)c1cnn(C)c1. The Bertz CT molecular complexity index is 637. The average Bonchev–Trinajstić information content (AvgIpc) is 3.16. The summed E-state index contributed by atoms with van der Waals surface area (Å²) < 4.78 is 1.66. The molecule has 116 valence electrons. The summed E-state index contributed by atoms with van der Waals surface area (Å²) in [7, 11) is 3.70. The van der Waals surface area contributed by atoms with Gasteiger partial charge in [-0.1, -0.05) is 18.2 Å². The molecule has 0 aliphatic carbocycles. The van der Waals surface area contributed by atoms with Gasteiger partial charge >= 0.3 is 0 Å². The Balaban J connectivity index is 1.57. The lowest BCUT2D eigenvalue weighted by Gasteiger charge is -2.22. The lowest BCUT2D eigenvalue weighted by atomic mass is 10.1. The molecule has 1 aliphatic heterocycles. The Morgan fingerprint density at radius 1 is 1.36 bits per heavy atom. The zero-order valence-electron chi connectivity index (χ0n) is 13.1. The molecule has 0 bridgehead atoms. The molecule has 1 aromatic heterocycles. The van der Waals surface area contributed by atoms with Crippen molar-refractivity contribution >= 4 is 11.6 Å². The molecule has 0 saturated carbocycles. The largest absolute Gasteiger partial charge is 0.371 e. The maximum atomic E-state index is 12.4. The molecule has 1 fully saturated rings. The number of amides is 1. The van der Waals surface area contributed by atoms with Crippen LogP contribution in [0.4, 0.5) is 5.69 Å². The monoisotopic (exact) mass is 298 g/mol. The fourth-order valence-electron chi connectivity index (χ4n) is 3.08. The molecule has 5 nitrogen and oxygen atoms in total. The van der Waals surface area contributed by atoms with Crippen LogP contribution in [0.5, 0.6) is 0 Å². The van der Waals surface area contributed by atoms with Gasteiger partial charge in [-0.25, -0.2) is 0 Å². The normalized spacial score (nSPS) is 17.7. The van der Waals surface area contributed by atoms with Gasteiger partial charge in [-0.2, -0.15) is 5.10 Å². The molecule has 2 aromatic rings. The van der Waals surface area contributed by atoms with Crippen LogP contribution in [0.25, 0.3) is 0 Å². The minimum absolute atomic E-state index is 0.0475. The molecule has 2 heterocycles. The number of benzene rings is 1. The van der Waals surface area contributed by atoms with E-state index in [1.165, 1.54) is 5.69 Å². The number of para-hydroxylation sites is 1. The maximum absolute atomic E-state index is 12.4. The Morgan fingerprint density at radius 2 is 2.14 bits per heavy atom. The highest BCUT2D eigenvalue weighted by Crippen LogP contribution is 2.24. The minimum Gasteiger partial charge on any atom is -0.371 e. The second kappa shape index (κ2) is 6.22. The van der Waals surface area contributed by atoms with Crippen molar-refractivity contribution in [3.05, 3.63) is 48.3 Å². The van der Waals surface area contributed by atoms with Gasteiger partial charge in [-0.05, 0) is 24.5 Å². The van der Waals surface area contributed by atoms with Crippen LogP contribution in [0.1, 0.15) is 16.8 Å². The van der Waals surface area contributed by atoms with Gasteiger partial charge in [0.15, 0.2) is 0 Å². The number of carbonyl (C=O) groups is 1. The summed E-state index contributed by atoms with van der Waals surface area (Å²) >= 11 is 0. The van der Waals surface area contributed by atoms with Crippen LogP contribution in [0, 0.1) is 5.92 Å². The van der Waals surface area contributed by atoms with Gasteiger partial charge in [-0.15, -0.1) is 0 Å². The summed E-state index contributed by atoms with van der Waals surface area (Å²) in [5.41, 5.74) is 1.93. The van der Waals surface area contributed by atoms with Crippen molar-refractivity contribution in [1.29, 1.82) is 0 Å².